The maximum absolute atomic E-state index is 12.9. The average Bonchev–Trinajstić information content (AvgIpc) is 3.43. The van der Waals surface area contributed by atoms with Gasteiger partial charge in [-0.2, -0.15) is 5.10 Å². The molecule has 242 valence electrons. The number of pyridine rings is 1. The first-order chi connectivity index (χ1) is 22.5. The number of anilines is 1. The highest BCUT2D eigenvalue weighted by Gasteiger charge is 2.34. The number of nitrogens with zero attached hydrogens (tertiary/aromatic N) is 6. The van der Waals surface area contributed by atoms with Crippen LogP contribution in [0.15, 0.2) is 48.9 Å². The highest BCUT2D eigenvalue weighted by atomic mass is 16.5. The number of ether oxygens (including phenoxy) is 2. The van der Waals surface area contributed by atoms with Gasteiger partial charge >= 0.3 is 5.97 Å². The Morgan fingerprint density at radius 1 is 0.979 bits per heavy atom. The minimum Gasteiger partial charge on any atom is -0.493 e. The Hall–Kier alpha value is -4.83. The molecule has 0 saturated carbocycles. The summed E-state index contributed by atoms with van der Waals surface area (Å²) in [5.74, 6) is 0.732. The van der Waals surface area contributed by atoms with E-state index in [2.05, 4.69) is 44.2 Å². The third-order valence-electron chi connectivity index (χ3n) is 9.08. The lowest BCUT2D eigenvalue weighted by molar-refractivity contribution is -0.160. The summed E-state index contributed by atoms with van der Waals surface area (Å²) in [6, 6.07) is 12.8. The molecule has 0 aliphatic carbocycles. The van der Waals surface area contributed by atoms with Crippen LogP contribution in [0.5, 0.6) is 5.75 Å². The van der Waals surface area contributed by atoms with Crippen LogP contribution >= 0.6 is 0 Å². The van der Waals surface area contributed by atoms with E-state index in [1.807, 2.05) is 60.0 Å². The highest BCUT2D eigenvalue weighted by Crippen LogP contribution is 2.44. The summed E-state index contributed by atoms with van der Waals surface area (Å²) >= 11 is 0. The monoisotopic (exact) mass is 632 g/mol. The lowest BCUT2D eigenvalue weighted by Gasteiger charge is -2.31. The van der Waals surface area contributed by atoms with Crippen LogP contribution < -0.4 is 9.64 Å². The molecule has 1 N–H and O–H groups in total. The maximum atomic E-state index is 12.9. The van der Waals surface area contributed by atoms with Crippen molar-refractivity contribution >= 4 is 22.8 Å². The van der Waals surface area contributed by atoms with Gasteiger partial charge in [0.2, 0.25) is 0 Å². The fourth-order valence-corrected chi connectivity index (χ4v) is 7.03. The molecule has 0 unspecified atom stereocenters. The van der Waals surface area contributed by atoms with Crippen LogP contribution in [0.2, 0.25) is 0 Å². The zero-order valence-electron chi connectivity index (χ0n) is 27.8. The Labute approximate surface area is 274 Å². The van der Waals surface area contributed by atoms with Gasteiger partial charge in [-0.15, -0.1) is 0 Å². The molecule has 47 heavy (non-hydrogen) atoms. The van der Waals surface area contributed by atoms with Gasteiger partial charge in [-0.25, -0.2) is 14.8 Å². The van der Waals surface area contributed by atoms with Crippen molar-refractivity contribution in [1.82, 2.24) is 24.7 Å². The molecule has 7 rings (SSSR count). The average molecular weight is 633 g/mol. The standard InChI is InChI=1S/C37H40N6O4/c1-21-30(25-9-10-27-19-43(14-13-23(27)16-25)35-28-18-40-42(6)34(28)38-20-39-35)32(26-11-12-29-24(17-26)8-7-15-46-29)31(22(2)41-21)33(36(44)45)47-37(3,4)5/h9-12,16-18,20,33H,7-8,13-15,19H2,1-6H3,(H,44,45)/t33-/m0/s1. The van der Waals surface area contributed by atoms with Crippen molar-refractivity contribution in [2.75, 3.05) is 18.1 Å². The minimum absolute atomic E-state index is 0.581. The second-order valence-corrected chi connectivity index (χ2v) is 13.5. The molecule has 10 heteroatoms. The van der Waals surface area contributed by atoms with Crippen molar-refractivity contribution in [3.8, 4) is 28.0 Å². The van der Waals surface area contributed by atoms with Gasteiger partial charge in [0, 0.05) is 42.7 Å². The molecule has 2 aliphatic heterocycles. The Balaban J connectivity index is 1.36. The number of carbonyl (C=O) groups is 1. The molecule has 1 atom stereocenters. The SMILES string of the molecule is Cc1nc(C)c([C@H](OC(C)(C)C)C(=O)O)c(-c2ccc3c(c2)CCCO3)c1-c1ccc2c(c1)CCN(c1ncnc3c1cnn3C)C2. The van der Waals surface area contributed by atoms with Crippen molar-refractivity contribution < 1.29 is 19.4 Å². The number of hydrogen-bond acceptors (Lipinski definition) is 8. The predicted octanol–water partition coefficient (Wildman–Crippen LogP) is 6.54. The van der Waals surface area contributed by atoms with Crippen LogP contribution in [-0.4, -0.2) is 54.6 Å². The van der Waals surface area contributed by atoms with E-state index in [1.165, 1.54) is 11.1 Å². The molecule has 0 saturated heterocycles. The molecule has 3 aromatic heterocycles. The first-order valence-corrected chi connectivity index (χ1v) is 16.2. The topological polar surface area (TPSA) is 115 Å². The quantitative estimate of drug-likeness (QED) is 0.223. The van der Waals surface area contributed by atoms with Crippen LogP contribution in [0, 0.1) is 13.8 Å². The molecule has 0 spiro atoms. The number of aryl methyl sites for hydroxylation is 4. The first-order valence-electron chi connectivity index (χ1n) is 16.2. The number of rotatable bonds is 6. The summed E-state index contributed by atoms with van der Waals surface area (Å²) < 4.78 is 14.0. The van der Waals surface area contributed by atoms with E-state index in [-0.39, 0.29) is 0 Å². The van der Waals surface area contributed by atoms with Gasteiger partial charge in [-0.3, -0.25) is 9.67 Å². The van der Waals surface area contributed by atoms with E-state index in [0.29, 0.717) is 24.4 Å². The summed E-state index contributed by atoms with van der Waals surface area (Å²) in [7, 11) is 1.89. The summed E-state index contributed by atoms with van der Waals surface area (Å²) in [5.41, 5.74) is 9.49. The van der Waals surface area contributed by atoms with Crippen LogP contribution in [0.1, 0.15) is 66.9 Å². The number of carboxylic acid groups (broad SMARTS) is 1. The van der Waals surface area contributed by atoms with Gasteiger partial charge in [0.1, 0.15) is 17.9 Å². The van der Waals surface area contributed by atoms with Gasteiger partial charge in [-0.1, -0.05) is 24.3 Å². The van der Waals surface area contributed by atoms with Crippen LogP contribution in [0.4, 0.5) is 5.82 Å². The van der Waals surface area contributed by atoms with E-state index in [9.17, 15) is 9.90 Å². The summed E-state index contributed by atoms with van der Waals surface area (Å²) in [6.07, 6.45) is 4.91. The first kappa shape index (κ1) is 30.8. The normalized spacial score (nSPS) is 15.2. The molecule has 5 heterocycles. The van der Waals surface area contributed by atoms with Crippen molar-refractivity contribution in [1.29, 1.82) is 0 Å². The number of hydrogen-bond donors (Lipinski definition) is 1. The molecular weight excluding hydrogens is 592 g/mol. The fourth-order valence-electron chi connectivity index (χ4n) is 7.03. The Bertz CT molecular complexity index is 2030. The Morgan fingerprint density at radius 2 is 1.74 bits per heavy atom. The zero-order chi connectivity index (χ0) is 33.0. The van der Waals surface area contributed by atoms with Gasteiger partial charge in [0.15, 0.2) is 11.8 Å². The number of benzene rings is 2. The summed E-state index contributed by atoms with van der Waals surface area (Å²) in [5, 5.41) is 15.9. The van der Waals surface area contributed by atoms with E-state index in [4.69, 9.17) is 14.5 Å². The lowest BCUT2D eigenvalue weighted by Crippen LogP contribution is -2.31. The maximum Gasteiger partial charge on any atom is 0.337 e. The van der Waals surface area contributed by atoms with Crippen LogP contribution in [0.25, 0.3) is 33.3 Å². The van der Waals surface area contributed by atoms with Gasteiger partial charge in [-0.05, 0) is 99.4 Å². The smallest absolute Gasteiger partial charge is 0.337 e. The molecule has 10 nitrogen and oxygen atoms in total. The Kier molecular flexibility index (Phi) is 7.71. The zero-order valence-corrected chi connectivity index (χ0v) is 27.8. The van der Waals surface area contributed by atoms with Crippen LogP contribution in [-0.2, 0) is 36.0 Å². The predicted molar refractivity (Wildman–Crippen MR) is 181 cm³/mol. The second kappa shape index (κ2) is 11.8. The van der Waals surface area contributed by atoms with E-state index in [0.717, 1.165) is 81.9 Å². The molecule has 0 fully saturated rings. The third-order valence-corrected chi connectivity index (χ3v) is 9.08. The summed E-state index contributed by atoms with van der Waals surface area (Å²) in [6.45, 7) is 11.7. The number of aromatic nitrogens is 5. The number of carboxylic acids is 1. The molecule has 2 aromatic carbocycles. The lowest BCUT2D eigenvalue weighted by atomic mass is 9.84. The van der Waals surface area contributed by atoms with E-state index >= 15 is 0 Å². The number of aliphatic carboxylic acids is 1. The van der Waals surface area contributed by atoms with Gasteiger partial charge < -0.3 is 19.5 Å². The van der Waals surface area contributed by atoms with Gasteiger partial charge in [0.05, 0.1) is 23.8 Å². The third kappa shape index (κ3) is 5.71. The minimum atomic E-state index is -1.20. The second-order valence-electron chi connectivity index (χ2n) is 13.5. The van der Waals surface area contributed by atoms with Crippen molar-refractivity contribution in [2.45, 2.75) is 72.1 Å². The van der Waals surface area contributed by atoms with E-state index in [1.54, 1.807) is 11.0 Å². The highest BCUT2D eigenvalue weighted by molar-refractivity contribution is 5.92. The van der Waals surface area contributed by atoms with Crippen molar-refractivity contribution in [2.24, 2.45) is 7.05 Å². The Morgan fingerprint density at radius 3 is 2.53 bits per heavy atom. The molecule has 0 bridgehead atoms. The largest absolute Gasteiger partial charge is 0.493 e. The fraction of sp³-hybridized carbons (Fsp3) is 0.378. The van der Waals surface area contributed by atoms with Crippen molar-refractivity contribution in [3.05, 3.63) is 82.6 Å². The molecule has 0 amide bonds. The summed E-state index contributed by atoms with van der Waals surface area (Å²) in [4.78, 5) is 29.2. The number of fused-ring (bicyclic) bond motifs is 3. The molecule has 0 radical (unpaired) electrons. The van der Waals surface area contributed by atoms with Crippen LogP contribution in [0.3, 0.4) is 0 Å². The molecule has 2 aliphatic rings. The molecule has 5 aromatic rings. The van der Waals surface area contributed by atoms with Gasteiger partial charge in [0.25, 0.3) is 0 Å². The molecular formula is C37H40N6O4. The van der Waals surface area contributed by atoms with E-state index < -0.39 is 17.7 Å². The van der Waals surface area contributed by atoms with Crippen molar-refractivity contribution in [3.63, 3.8) is 0 Å².